The molecule has 29 heavy (non-hydrogen) atoms. The van der Waals surface area contributed by atoms with Crippen molar-refractivity contribution in [2.24, 2.45) is 7.05 Å². The van der Waals surface area contributed by atoms with Crippen molar-refractivity contribution in [2.75, 3.05) is 0 Å². The number of pyridine rings is 1. The second kappa shape index (κ2) is 9.40. The van der Waals surface area contributed by atoms with Gasteiger partial charge in [-0.1, -0.05) is 45.9 Å². The normalized spacial score (nSPS) is 13.4. The van der Waals surface area contributed by atoms with E-state index < -0.39 is 6.85 Å². The summed E-state index contributed by atoms with van der Waals surface area (Å²) in [7, 11) is 2.04. The number of aromatic nitrogens is 1. The molecule has 0 unspecified atom stereocenters. The van der Waals surface area contributed by atoms with Crippen LogP contribution >= 0.6 is 23.5 Å². The van der Waals surface area contributed by atoms with Crippen molar-refractivity contribution >= 4 is 23.5 Å². The summed E-state index contributed by atoms with van der Waals surface area (Å²) in [5.74, 6) is 0. The van der Waals surface area contributed by atoms with Gasteiger partial charge in [-0.05, 0) is 54.2 Å². The molecule has 0 aliphatic rings. The van der Waals surface area contributed by atoms with Gasteiger partial charge in [-0.15, -0.1) is 23.5 Å². The van der Waals surface area contributed by atoms with E-state index >= 15 is 0 Å². The largest absolute Gasteiger partial charge is 0.213 e. The molecule has 1 heterocycles. The number of rotatable bonds is 6. The first kappa shape index (κ1) is 18.1. The first-order chi connectivity index (χ1) is 15.0. The van der Waals surface area contributed by atoms with Crippen molar-refractivity contribution in [2.45, 2.75) is 61.8 Å². The smallest absolute Gasteiger partial charge is 0.201 e. The highest BCUT2D eigenvalue weighted by Gasteiger charge is 2.17. The maximum atomic E-state index is 8.14. The van der Waals surface area contributed by atoms with Crippen LogP contribution in [-0.4, -0.2) is 10.5 Å². The number of aryl methyl sites for hydroxylation is 3. The molecule has 0 saturated carbocycles. The van der Waals surface area contributed by atoms with Crippen LogP contribution < -0.4 is 4.57 Å². The third-order valence-electron chi connectivity index (χ3n) is 4.67. The fourth-order valence-electron chi connectivity index (χ4n) is 3.37. The van der Waals surface area contributed by atoms with Gasteiger partial charge in [0.15, 0.2) is 6.20 Å². The Bertz CT molecular complexity index is 1090. The molecule has 0 saturated heterocycles. The maximum absolute atomic E-state index is 8.14. The van der Waals surface area contributed by atoms with E-state index in [1.165, 1.54) is 9.79 Å². The predicted molar refractivity (Wildman–Crippen MR) is 130 cm³/mol. The second-order valence-electron chi connectivity index (χ2n) is 7.93. The van der Waals surface area contributed by atoms with Gasteiger partial charge in [-0.2, -0.15) is 0 Å². The molecular formula is C26H32NS2+. The molecule has 152 valence electrons. The quantitative estimate of drug-likeness (QED) is 0.298. The van der Waals surface area contributed by atoms with Gasteiger partial charge < -0.3 is 0 Å². The fourth-order valence-corrected chi connectivity index (χ4v) is 5.07. The summed E-state index contributed by atoms with van der Waals surface area (Å²) in [6.07, 6.45) is 2.08. The van der Waals surface area contributed by atoms with E-state index in [4.69, 9.17) is 4.11 Å². The molecule has 0 aliphatic carbocycles. The van der Waals surface area contributed by atoms with Gasteiger partial charge in [0.1, 0.15) is 7.05 Å². The van der Waals surface area contributed by atoms with Crippen molar-refractivity contribution in [3.63, 3.8) is 0 Å². The zero-order valence-electron chi connectivity index (χ0n) is 21.1. The monoisotopic (exact) mass is 425 g/mol. The lowest BCUT2D eigenvalue weighted by Gasteiger charge is -2.13. The Morgan fingerprint density at radius 2 is 1.45 bits per heavy atom. The highest BCUT2D eigenvalue weighted by atomic mass is 32.2. The Morgan fingerprint density at radius 3 is 2.07 bits per heavy atom. The Hall–Kier alpha value is -1.71. The van der Waals surface area contributed by atoms with Crippen LogP contribution in [0.1, 0.15) is 42.9 Å². The van der Waals surface area contributed by atoms with E-state index in [0.717, 1.165) is 27.9 Å². The molecule has 0 fully saturated rings. The first-order valence-electron chi connectivity index (χ1n) is 11.5. The van der Waals surface area contributed by atoms with Crippen LogP contribution in [0.5, 0.6) is 0 Å². The van der Waals surface area contributed by atoms with Crippen LogP contribution in [0.2, 0.25) is 0 Å². The van der Waals surface area contributed by atoms with E-state index in [9.17, 15) is 0 Å². The lowest BCUT2D eigenvalue weighted by molar-refractivity contribution is -0.660. The molecule has 2 aromatic carbocycles. The molecule has 0 radical (unpaired) electrons. The molecule has 0 spiro atoms. The molecule has 1 nitrogen and oxygen atoms in total. The van der Waals surface area contributed by atoms with Crippen LogP contribution in [0, 0.1) is 13.8 Å². The van der Waals surface area contributed by atoms with Crippen molar-refractivity contribution in [1.82, 2.24) is 0 Å². The Labute approximate surface area is 189 Å². The zero-order chi connectivity index (χ0) is 23.6. The van der Waals surface area contributed by atoms with Gasteiger partial charge in [0.25, 0.3) is 0 Å². The number of thioether (sulfide) groups is 2. The van der Waals surface area contributed by atoms with Crippen LogP contribution in [0.4, 0.5) is 0 Å². The van der Waals surface area contributed by atoms with Crippen molar-refractivity contribution in [3.8, 4) is 22.4 Å². The Morgan fingerprint density at radius 1 is 0.793 bits per heavy atom. The standard InChI is InChI=1S/C26H32NS2/c1-17(2)28-22-10-8-21(9-11-22)24-16-25(20(6)14-19(24)5)26-15-23(29-18(3)4)12-13-27(26)7/h8-18H,1-7H3/q+1/i5D3. The lowest BCUT2D eigenvalue weighted by atomic mass is 9.93. The number of hydrogen-bond donors (Lipinski definition) is 0. The average Bonchev–Trinajstić information content (AvgIpc) is 2.68. The van der Waals surface area contributed by atoms with Gasteiger partial charge in [-0.25, -0.2) is 4.57 Å². The molecule has 0 atom stereocenters. The predicted octanol–water partition coefficient (Wildman–Crippen LogP) is 7.46. The minimum Gasteiger partial charge on any atom is -0.201 e. The van der Waals surface area contributed by atoms with Gasteiger partial charge in [-0.3, -0.25) is 0 Å². The van der Waals surface area contributed by atoms with Gasteiger partial charge >= 0.3 is 0 Å². The molecule has 0 bridgehead atoms. The van der Waals surface area contributed by atoms with E-state index in [2.05, 4.69) is 68.8 Å². The second-order valence-corrected chi connectivity index (χ2v) is 11.2. The topological polar surface area (TPSA) is 3.88 Å². The summed E-state index contributed by atoms with van der Waals surface area (Å²) in [4.78, 5) is 2.40. The SMILES string of the molecule is [2H]C([2H])([2H])c1cc(C)c(-c2cc(SC(C)C)cc[n+]2C)cc1-c1ccc(SC(C)C)cc1. The van der Waals surface area contributed by atoms with E-state index in [1.807, 2.05) is 43.9 Å². The van der Waals surface area contributed by atoms with E-state index in [-0.39, 0.29) is 0 Å². The number of hydrogen-bond acceptors (Lipinski definition) is 2. The molecule has 0 amide bonds. The molecule has 0 aliphatic heterocycles. The minimum atomic E-state index is -2.18. The number of nitrogens with zero attached hydrogens (tertiary/aromatic N) is 1. The van der Waals surface area contributed by atoms with Crippen molar-refractivity contribution in [3.05, 3.63) is 65.9 Å². The van der Waals surface area contributed by atoms with Crippen molar-refractivity contribution in [1.29, 1.82) is 0 Å². The Balaban J connectivity index is 2.17. The minimum absolute atomic E-state index is 0.401. The van der Waals surface area contributed by atoms with Gasteiger partial charge in [0.05, 0.1) is 0 Å². The fraction of sp³-hybridized carbons (Fsp3) is 0.346. The summed E-state index contributed by atoms with van der Waals surface area (Å²) in [5.41, 5.74) is 5.21. The highest BCUT2D eigenvalue weighted by Crippen LogP contribution is 2.34. The molecular weight excluding hydrogens is 390 g/mol. The van der Waals surface area contributed by atoms with Crippen LogP contribution in [0.15, 0.2) is 64.5 Å². The number of benzene rings is 2. The van der Waals surface area contributed by atoms with Crippen LogP contribution in [-0.2, 0) is 7.05 Å². The lowest BCUT2D eigenvalue weighted by Crippen LogP contribution is -2.30. The molecule has 3 heteroatoms. The summed E-state index contributed by atoms with van der Waals surface area (Å²) in [6.45, 7) is 8.53. The van der Waals surface area contributed by atoms with Gasteiger partial charge in [0, 0.05) is 42.1 Å². The molecule has 3 aromatic rings. The summed E-state index contributed by atoms with van der Waals surface area (Å²) >= 11 is 3.64. The summed E-state index contributed by atoms with van der Waals surface area (Å²) < 4.78 is 26.5. The van der Waals surface area contributed by atoms with Crippen molar-refractivity contribution < 1.29 is 8.68 Å². The molecule has 3 rings (SSSR count). The highest BCUT2D eigenvalue weighted by molar-refractivity contribution is 8.00. The Kier molecular flexibility index (Phi) is 5.86. The zero-order valence-corrected chi connectivity index (χ0v) is 19.7. The summed E-state index contributed by atoms with van der Waals surface area (Å²) in [6, 6.07) is 16.5. The van der Waals surface area contributed by atoms with E-state index in [0.29, 0.717) is 16.1 Å². The van der Waals surface area contributed by atoms with E-state index in [1.54, 1.807) is 11.8 Å². The van der Waals surface area contributed by atoms with Gasteiger partial charge in [0.2, 0.25) is 5.69 Å². The third-order valence-corrected chi connectivity index (χ3v) is 6.68. The maximum Gasteiger partial charge on any atom is 0.213 e. The van der Waals surface area contributed by atoms with Crippen LogP contribution in [0.3, 0.4) is 0 Å². The molecule has 1 aromatic heterocycles. The average molecular weight is 426 g/mol. The first-order valence-corrected chi connectivity index (χ1v) is 11.8. The van der Waals surface area contributed by atoms with Crippen LogP contribution in [0.25, 0.3) is 22.4 Å². The molecule has 0 N–H and O–H groups in total. The third kappa shape index (κ3) is 5.46. The summed E-state index contributed by atoms with van der Waals surface area (Å²) in [5, 5.41) is 0.994.